The highest BCUT2D eigenvalue weighted by Crippen LogP contribution is 2.42. The van der Waals surface area contributed by atoms with Gasteiger partial charge in [0.2, 0.25) is 0 Å². The number of nitrogens with zero attached hydrogens (tertiary/aromatic N) is 1. The quantitative estimate of drug-likeness (QED) is 0.910. The molecular formula is C17H22N2O2. The van der Waals surface area contributed by atoms with E-state index < -0.39 is 0 Å². The average Bonchev–Trinajstić information content (AvgIpc) is 2.77. The van der Waals surface area contributed by atoms with Crippen molar-refractivity contribution in [1.82, 2.24) is 9.55 Å². The summed E-state index contributed by atoms with van der Waals surface area (Å²) in [7, 11) is 0. The topological polar surface area (TPSA) is 58.0 Å². The Morgan fingerprint density at radius 2 is 1.95 bits per heavy atom. The molecule has 112 valence electrons. The van der Waals surface area contributed by atoms with Gasteiger partial charge in [-0.15, -0.1) is 0 Å². The minimum Gasteiger partial charge on any atom is -0.395 e. The Kier molecular flexibility index (Phi) is 3.14. The zero-order valence-electron chi connectivity index (χ0n) is 12.3. The Morgan fingerprint density at radius 1 is 1.19 bits per heavy atom. The molecule has 2 aromatic heterocycles. The summed E-state index contributed by atoms with van der Waals surface area (Å²) < 4.78 is 2.04. The zero-order valence-corrected chi connectivity index (χ0v) is 12.3. The number of hydrogen-bond donors (Lipinski definition) is 2. The van der Waals surface area contributed by atoms with Crippen molar-refractivity contribution in [1.29, 1.82) is 0 Å². The maximum absolute atomic E-state index is 12.4. The second-order valence-corrected chi connectivity index (χ2v) is 6.47. The molecule has 2 aliphatic rings. The highest BCUT2D eigenvalue weighted by molar-refractivity contribution is 5.86. The van der Waals surface area contributed by atoms with Crippen LogP contribution in [0.25, 0.3) is 11.0 Å². The van der Waals surface area contributed by atoms with Crippen molar-refractivity contribution in [3.05, 3.63) is 33.2 Å². The minimum absolute atomic E-state index is 0.0784. The normalized spacial score (nSPS) is 18.7. The third-order valence-electron chi connectivity index (χ3n) is 5.27. The molecular weight excluding hydrogens is 264 g/mol. The Bertz CT molecular complexity index is 737. The first-order valence-electron chi connectivity index (χ1n) is 8.17. The Morgan fingerprint density at radius 3 is 2.62 bits per heavy atom. The molecule has 2 aromatic rings. The number of aryl methyl sites for hydroxylation is 1. The first kappa shape index (κ1) is 13.1. The molecule has 21 heavy (non-hydrogen) atoms. The van der Waals surface area contributed by atoms with Crippen molar-refractivity contribution >= 4 is 11.0 Å². The molecule has 0 amide bonds. The van der Waals surface area contributed by atoms with Crippen LogP contribution in [0.1, 0.15) is 54.7 Å². The van der Waals surface area contributed by atoms with Crippen molar-refractivity contribution in [3.63, 3.8) is 0 Å². The van der Waals surface area contributed by atoms with E-state index in [0.717, 1.165) is 30.5 Å². The number of aromatic amines is 1. The highest BCUT2D eigenvalue weighted by atomic mass is 16.3. The van der Waals surface area contributed by atoms with Crippen LogP contribution in [0.15, 0.2) is 11.0 Å². The van der Waals surface area contributed by atoms with Crippen LogP contribution in [-0.2, 0) is 19.4 Å². The van der Waals surface area contributed by atoms with E-state index in [1.807, 2.05) is 4.57 Å². The molecule has 0 aliphatic heterocycles. The third-order valence-corrected chi connectivity index (χ3v) is 5.27. The number of aliphatic hydroxyl groups is 1. The van der Waals surface area contributed by atoms with Crippen molar-refractivity contribution in [3.8, 4) is 0 Å². The fraction of sp³-hybridized carbons (Fsp3) is 0.588. The van der Waals surface area contributed by atoms with Crippen LogP contribution < -0.4 is 5.56 Å². The maximum atomic E-state index is 12.4. The van der Waals surface area contributed by atoms with Gasteiger partial charge in [-0.2, -0.15) is 0 Å². The van der Waals surface area contributed by atoms with E-state index in [4.69, 9.17) is 0 Å². The largest absolute Gasteiger partial charge is 0.395 e. The first-order valence-corrected chi connectivity index (χ1v) is 8.17. The lowest BCUT2D eigenvalue weighted by Gasteiger charge is -2.26. The summed E-state index contributed by atoms with van der Waals surface area (Å²) in [5.74, 6) is 0.643. The summed E-state index contributed by atoms with van der Waals surface area (Å²) in [6.45, 7) is 0.658. The van der Waals surface area contributed by atoms with Crippen LogP contribution in [0.4, 0.5) is 0 Å². The predicted octanol–water partition coefficient (Wildman–Crippen LogP) is 2.47. The molecule has 2 heterocycles. The molecule has 2 N–H and O–H groups in total. The van der Waals surface area contributed by atoms with Gasteiger partial charge in [0.05, 0.1) is 6.61 Å². The second kappa shape index (κ2) is 5.02. The summed E-state index contributed by atoms with van der Waals surface area (Å²) in [6.07, 6.45) is 10.2. The molecule has 0 atom stereocenters. The zero-order chi connectivity index (χ0) is 14.4. The number of H-pyrrole nitrogens is 1. The number of nitrogens with one attached hydrogen (secondary N) is 1. The van der Waals surface area contributed by atoms with E-state index in [1.165, 1.54) is 42.2 Å². The number of aromatic nitrogens is 2. The number of hydrogen-bond acceptors (Lipinski definition) is 2. The minimum atomic E-state index is 0.0784. The molecule has 0 radical (unpaired) electrons. The molecule has 0 unspecified atom stereocenters. The molecule has 0 saturated heterocycles. The van der Waals surface area contributed by atoms with Crippen LogP contribution >= 0.6 is 0 Å². The lowest BCUT2D eigenvalue weighted by Crippen LogP contribution is -2.20. The lowest BCUT2D eigenvalue weighted by atomic mass is 9.78. The van der Waals surface area contributed by atoms with Crippen molar-refractivity contribution < 1.29 is 5.11 Å². The summed E-state index contributed by atoms with van der Waals surface area (Å²) in [5, 5.41) is 10.6. The second-order valence-electron chi connectivity index (χ2n) is 6.47. The lowest BCUT2D eigenvalue weighted by molar-refractivity contribution is 0.277. The summed E-state index contributed by atoms with van der Waals surface area (Å²) >= 11 is 0. The molecule has 1 fully saturated rings. The molecule has 4 nitrogen and oxygen atoms in total. The third kappa shape index (κ3) is 1.96. The van der Waals surface area contributed by atoms with E-state index >= 15 is 0 Å². The van der Waals surface area contributed by atoms with E-state index in [0.29, 0.717) is 12.5 Å². The van der Waals surface area contributed by atoms with Gasteiger partial charge in [0.1, 0.15) is 5.65 Å². The van der Waals surface area contributed by atoms with Crippen LogP contribution in [-0.4, -0.2) is 21.3 Å². The Hall–Kier alpha value is -1.55. The van der Waals surface area contributed by atoms with Crippen molar-refractivity contribution in [2.24, 2.45) is 0 Å². The molecule has 0 spiro atoms. The Balaban J connectivity index is 2.01. The SMILES string of the molecule is O=c1[nH]c2c(c(C3CCC3)cn2CCO)c2c1CCCC2. The van der Waals surface area contributed by atoms with Gasteiger partial charge in [-0.1, -0.05) is 6.42 Å². The summed E-state index contributed by atoms with van der Waals surface area (Å²) in [5.41, 5.74) is 4.71. The van der Waals surface area contributed by atoms with Gasteiger partial charge >= 0.3 is 0 Å². The number of pyridine rings is 1. The molecule has 4 rings (SSSR count). The average molecular weight is 286 g/mol. The number of rotatable bonds is 3. The van der Waals surface area contributed by atoms with Crippen LogP contribution in [0.5, 0.6) is 0 Å². The van der Waals surface area contributed by atoms with E-state index in [9.17, 15) is 9.90 Å². The predicted molar refractivity (Wildman–Crippen MR) is 82.9 cm³/mol. The summed E-state index contributed by atoms with van der Waals surface area (Å²) in [4.78, 5) is 15.5. The molecule has 1 saturated carbocycles. The number of fused-ring (bicyclic) bond motifs is 3. The first-order chi connectivity index (χ1) is 10.3. The smallest absolute Gasteiger partial charge is 0.253 e. The van der Waals surface area contributed by atoms with Crippen molar-refractivity contribution in [2.75, 3.05) is 6.61 Å². The standard InChI is InChI=1S/C17H22N2O2/c20-9-8-19-10-14(11-4-3-5-11)15-12-6-1-2-7-13(12)17(21)18-16(15)19/h10-11,20H,1-9H2,(H,18,21). The van der Waals surface area contributed by atoms with Gasteiger partial charge in [-0.05, 0) is 55.6 Å². The van der Waals surface area contributed by atoms with E-state index in [-0.39, 0.29) is 12.2 Å². The van der Waals surface area contributed by atoms with Gasteiger partial charge in [-0.3, -0.25) is 4.79 Å². The van der Waals surface area contributed by atoms with Gasteiger partial charge in [0.15, 0.2) is 0 Å². The van der Waals surface area contributed by atoms with Crippen LogP contribution in [0.3, 0.4) is 0 Å². The highest BCUT2D eigenvalue weighted by Gasteiger charge is 2.27. The van der Waals surface area contributed by atoms with Crippen LogP contribution in [0, 0.1) is 0 Å². The molecule has 0 aromatic carbocycles. The van der Waals surface area contributed by atoms with Crippen molar-refractivity contribution in [2.45, 2.75) is 57.4 Å². The molecule has 4 heteroatoms. The van der Waals surface area contributed by atoms with Crippen LogP contribution in [0.2, 0.25) is 0 Å². The summed E-state index contributed by atoms with van der Waals surface area (Å²) in [6, 6.07) is 0. The van der Waals surface area contributed by atoms with E-state index in [1.54, 1.807) is 0 Å². The van der Waals surface area contributed by atoms with Gasteiger partial charge < -0.3 is 14.7 Å². The molecule has 0 bridgehead atoms. The van der Waals surface area contributed by atoms with E-state index in [2.05, 4.69) is 11.2 Å². The maximum Gasteiger partial charge on any atom is 0.253 e. The molecule has 2 aliphatic carbocycles. The van der Waals surface area contributed by atoms with Gasteiger partial charge in [-0.25, -0.2) is 0 Å². The Labute approximate surface area is 123 Å². The monoisotopic (exact) mass is 286 g/mol. The fourth-order valence-electron chi connectivity index (χ4n) is 3.96. The number of aliphatic hydroxyl groups excluding tert-OH is 1. The van der Waals surface area contributed by atoms with Gasteiger partial charge in [0.25, 0.3) is 5.56 Å². The van der Waals surface area contributed by atoms with Gasteiger partial charge in [0, 0.05) is 23.7 Å². The fourth-order valence-corrected chi connectivity index (χ4v) is 3.96.